The van der Waals surface area contributed by atoms with Gasteiger partial charge in [-0.2, -0.15) is 0 Å². The van der Waals surface area contributed by atoms with Crippen molar-refractivity contribution < 1.29 is 9.90 Å². The highest BCUT2D eigenvalue weighted by atomic mass is 16.3. The van der Waals surface area contributed by atoms with Crippen molar-refractivity contribution in [2.75, 3.05) is 6.54 Å². The van der Waals surface area contributed by atoms with Gasteiger partial charge in [0.15, 0.2) is 0 Å². The van der Waals surface area contributed by atoms with Crippen molar-refractivity contribution in [3.05, 3.63) is 35.9 Å². The zero-order valence-electron chi connectivity index (χ0n) is 13.8. The first-order chi connectivity index (χ1) is 10.6. The lowest BCUT2D eigenvalue weighted by Gasteiger charge is -2.30. The fraction of sp³-hybridized carbons (Fsp3) is 0.632. The van der Waals surface area contributed by atoms with E-state index in [0.29, 0.717) is 6.54 Å². The Balaban J connectivity index is 2.01. The highest BCUT2D eigenvalue weighted by molar-refractivity contribution is 5.78. The number of carbonyl (C=O) groups is 1. The van der Waals surface area contributed by atoms with Crippen molar-refractivity contribution in [3.63, 3.8) is 0 Å². The molecule has 1 amide bonds. The van der Waals surface area contributed by atoms with Crippen LogP contribution in [0.4, 0.5) is 0 Å². The van der Waals surface area contributed by atoms with Crippen molar-refractivity contribution in [2.45, 2.75) is 58.0 Å². The van der Waals surface area contributed by atoms with Gasteiger partial charge in [-0.25, -0.2) is 0 Å². The van der Waals surface area contributed by atoms with E-state index in [4.69, 9.17) is 0 Å². The van der Waals surface area contributed by atoms with Gasteiger partial charge in [0, 0.05) is 5.92 Å². The molecule has 1 aliphatic carbocycles. The third-order valence-corrected chi connectivity index (χ3v) is 4.70. The Hall–Kier alpha value is -1.35. The van der Waals surface area contributed by atoms with Gasteiger partial charge in [0.25, 0.3) is 0 Å². The van der Waals surface area contributed by atoms with Crippen LogP contribution in [0.2, 0.25) is 0 Å². The Morgan fingerprint density at radius 1 is 1.23 bits per heavy atom. The SMILES string of the molecule is CCCC(CCC)C(=O)NCC(O)(c1ccccc1)C1CC1. The molecule has 1 unspecified atom stereocenters. The molecule has 0 radical (unpaired) electrons. The van der Waals surface area contributed by atoms with Crippen LogP contribution in [0.3, 0.4) is 0 Å². The molecule has 0 aromatic heterocycles. The van der Waals surface area contributed by atoms with E-state index in [9.17, 15) is 9.90 Å². The molecular formula is C19H29NO2. The van der Waals surface area contributed by atoms with E-state index in [1.54, 1.807) is 0 Å². The Morgan fingerprint density at radius 2 is 1.82 bits per heavy atom. The van der Waals surface area contributed by atoms with Gasteiger partial charge in [-0.3, -0.25) is 4.79 Å². The summed E-state index contributed by atoms with van der Waals surface area (Å²) in [6.45, 7) is 4.55. The Morgan fingerprint density at radius 3 is 2.32 bits per heavy atom. The number of benzene rings is 1. The van der Waals surface area contributed by atoms with Crippen LogP contribution in [0, 0.1) is 11.8 Å². The van der Waals surface area contributed by atoms with Gasteiger partial charge < -0.3 is 10.4 Å². The molecule has 0 spiro atoms. The van der Waals surface area contributed by atoms with Crippen LogP contribution < -0.4 is 5.32 Å². The number of hydrogen-bond acceptors (Lipinski definition) is 2. The molecule has 2 N–H and O–H groups in total. The summed E-state index contributed by atoms with van der Waals surface area (Å²) in [7, 11) is 0. The average molecular weight is 303 g/mol. The molecule has 3 heteroatoms. The van der Waals surface area contributed by atoms with Crippen molar-refractivity contribution in [1.29, 1.82) is 0 Å². The molecular weight excluding hydrogens is 274 g/mol. The molecule has 0 bridgehead atoms. The molecule has 1 aliphatic rings. The number of nitrogens with one attached hydrogen (secondary N) is 1. The topological polar surface area (TPSA) is 49.3 Å². The lowest BCUT2D eigenvalue weighted by atomic mass is 9.88. The number of amides is 1. The van der Waals surface area contributed by atoms with Crippen LogP contribution in [-0.2, 0) is 10.4 Å². The van der Waals surface area contributed by atoms with Crippen LogP contribution in [0.5, 0.6) is 0 Å². The molecule has 122 valence electrons. The Labute approximate surface area is 134 Å². The maximum atomic E-state index is 12.4. The zero-order valence-corrected chi connectivity index (χ0v) is 13.8. The van der Waals surface area contributed by atoms with E-state index in [2.05, 4.69) is 19.2 Å². The van der Waals surface area contributed by atoms with Crippen molar-refractivity contribution in [1.82, 2.24) is 5.32 Å². The highest BCUT2D eigenvalue weighted by Gasteiger charge is 2.45. The molecule has 1 atom stereocenters. The van der Waals surface area contributed by atoms with Crippen molar-refractivity contribution in [2.24, 2.45) is 11.8 Å². The minimum absolute atomic E-state index is 0.0780. The van der Waals surface area contributed by atoms with Crippen molar-refractivity contribution >= 4 is 5.91 Å². The van der Waals surface area contributed by atoms with Crippen LogP contribution in [-0.4, -0.2) is 17.6 Å². The van der Waals surface area contributed by atoms with Gasteiger partial charge in [-0.1, -0.05) is 57.0 Å². The van der Waals surface area contributed by atoms with Crippen LogP contribution in [0.1, 0.15) is 57.9 Å². The molecule has 1 saturated carbocycles. The molecule has 1 aromatic rings. The summed E-state index contributed by atoms with van der Waals surface area (Å²) in [5, 5.41) is 14.1. The fourth-order valence-corrected chi connectivity index (χ4v) is 3.24. The van der Waals surface area contributed by atoms with Crippen LogP contribution in [0.25, 0.3) is 0 Å². The summed E-state index contributed by atoms with van der Waals surface area (Å²) in [5.74, 6) is 0.443. The second kappa shape index (κ2) is 7.77. The van der Waals surface area contributed by atoms with Gasteiger partial charge >= 0.3 is 0 Å². The second-order valence-corrected chi connectivity index (χ2v) is 6.56. The van der Waals surface area contributed by atoms with E-state index < -0.39 is 5.60 Å². The lowest BCUT2D eigenvalue weighted by molar-refractivity contribution is -0.127. The minimum atomic E-state index is -0.917. The van der Waals surface area contributed by atoms with Gasteiger partial charge in [-0.05, 0) is 37.2 Å². The number of rotatable bonds is 9. The largest absolute Gasteiger partial charge is 0.383 e. The van der Waals surface area contributed by atoms with Crippen molar-refractivity contribution in [3.8, 4) is 0 Å². The number of carbonyl (C=O) groups excluding carboxylic acids is 1. The van der Waals surface area contributed by atoms with E-state index in [1.165, 1.54) is 0 Å². The van der Waals surface area contributed by atoms with E-state index in [0.717, 1.165) is 44.1 Å². The molecule has 0 saturated heterocycles. The minimum Gasteiger partial charge on any atom is -0.383 e. The zero-order chi connectivity index (χ0) is 16.0. The normalized spacial score (nSPS) is 17.3. The molecule has 22 heavy (non-hydrogen) atoms. The third-order valence-electron chi connectivity index (χ3n) is 4.70. The predicted molar refractivity (Wildman–Crippen MR) is 89.4 cm³/mol. The maximum Gasteiger partial charge on any atom is 0.223 e. The molecule has 3 nitrogen and oxygen atoms in total. The summed E-state index contributed by atoms with van der Waals surface area (Å²) in [6.07, 6.45) is 5.95. The van der Waals surface area contributed by atoms with Crippen LogP contribution >= 0.6 is 0 Å². The predicted octanol–water partition coefficient (Wildman–Crippen LogP) is 3.62. The monoisotopic (exact) mass is 303 g/mol. The maximum absolute atomic E-state index is 12.4. The lowest BCUT2D eigenvalue weighted by Crippen LogP contribution is -2.44. The first-order valence-electron chi connectivity index (χ1n) is 8.67. The first-order valence-corrected chi connectivity index (χ1v) is 8.67. The average Bonchev–Trinajstić information content (AvgIpc) is 3.38. The smallest absolute Gasteiger partial charge is 0.223 e. The molecule has 2 rings (SSSR count). The molecule has 0 aliphatic heterocycles. The number of aliphatic hydroxyl groups is 1. The van der Waals surface area contributed by atoms with Gasteiger partial charge in [0.05, 0.1) is 6.54 Å². The van der Waals surface area contributed by atoms with E-state index >= 15 is 0 Å². The molecule has 1 fully saturated rings. The highest BCUT2D eigenvalue weighted by Crippen LogP contribution is 2.45. The Bertz CT molecular complexity index is 464. The number of hydrogen-bond donors (Lipinski definition) is 2. The van der Waals surface area contributed by atoms with Crippen LogP contribution in [0.15, 0.2) is 30.3 Å². The van der Waals surface area contributed by atoms with E-state index in [1.807, 2.05) is 30.3 Å². The molecule has 0 heterocycles. The summed E-state index contributed by atoms with van der Waals surface area (Å²) in [4.78, 5) is 12.4. The fourth-order valence-electron chi connectivity index (χ4n) is 3.24. The third kappa shape index (κ3) is 4.10. The van der Waals surface area contributed by atoms with Gasteiger partial charge in [-0.15, -0.1) is 0 Å². The first kappa shape index (κ1) is 17.0. The standard InChI is InChI=1S/C19H29NO2/c1-3-8-15(9-4-2)18(21)20-14-19(22,17-12-13-17)16-10-6-5-7-11-16/h5-7,10-11,15,17,22H,3-4,8-9,12-14H2,1-2H3,(H,20,21). The summed E-state index contributed by atoms with van der Waals surface area (Å²) in [5.41, 5.74) is 0.000208. The Kier molecular flexibility index (Phi) is 6.01. The van der Waals surface area contributed by atoms with E-state index in [-0.39, 0.29) is 17.7 Å². The molecule has 1 aromatic carbocycles. The summed E-state index contributed by atoms with van der Waals surface area (Å²) in [6, 6.07) is 9.76. The summed E-state index contributed by atoms with van der Waals surface area (Å²) >= 11 is 0. The van der Waals surface area contributed by atoms with Gasteiger partial charge in [0.1, 0.15) is 5.60 Å². The second-order valence-electron chi connectivity index (χ2n) is 6.56. The summed E-state index contributed by atoms with van der Waals surface area (Å²) < 4.78 is 0. The van der Waals surface area contributed by atoms with Gasteiger partial charge in [0.2, 0.25) is 5.91 Å². The quantitative estimate of drug-likeness (QED) is 0.732.